The first-order chi connectivity index (χ1) is 19.0. The highest BCUT2D eigenvalue weighted by Gasteiger charge is 2.18. The van der Waals surface area contributed by atoms with E-state index >= 15 is 0 Å². The number of hydrogen-bond donors (Lipinski definition) is 2. The van der Waals surface area contributed by atoms with E-state index in [1.807, 2.05) is 30.3 Å². The molecule has 2 saturated heterocycles. The molecule has 1 aromatic heterocycles. The number of phenols is 2. The van der Waals surface area contributed by atoms with Gasteiger partial charge in [0.15, 0.2) is 11.5 Å². The fraction of sp³-hybridized carbons (Fsp3) is 0.412. The maximum absolute atomic E-state index is 10.9. The van der Waals surface area contributed by atoms with Crippen molar-refractivity contribution in [2.24, 2.45) is 0 Å². The van der Waals surface area contributed by atoms with Gasteiger partial charge in [-0.25, -0.2) is 0 Å². The first-order valence-corrected chi connectivity index (χ1v) is 15.1. The zero-order chi connectivity index (χ0) is 26.8. The van der Waals surface area contributed by atoms with Gasteiger partial charge in [0.05, 0.1) is 0 Å². The van der Waals surface area contributed by atoms with Gasteiger partial charge in [-0.15, -0.1) is 11.3 Å². The van der Waals surface area contributed by atoms with E-state index in [-0.39, 0.29) is 18.9 Å². The second-order valence-corrected chi connectivity index (χ2v) is 12.1. The van der Waals surface area contributed by atoms with Gasteiger partial charge in [0, 0.05) is 22.7 Å². The lowest BCUT2D eigenvalue weighted by Gasteiger charge is -2.17. The van der Waals surface area contributed by atoms with Crippen LogP contribution < -0.4 is 4.74 Å². The molecule has 5 nitrogen and oxygen atoms in total. The van der Waals surface area contributed by atoms with Gasteiger partial charge in [-0.2, -0.15) is 0 Å². The third-order valence-corrected chi connectivity index (χ3v) is 9.49. The van der Waals surface area contributed by atoms with Gasteiger partial charge in [-0.3, -0.25) is 9.80 Å². The molecule has 3 heterocycles. The number of nitrogens with zero attached hydrogens (tertiary/aromatic N) is 2. The van der Waals surface area contributed by atoms with Crippen LogP contribution in [0.1, 0.15) is 55.4 Å². The lowest BCUT2D eigenvalue weighted by molar-refractivity contribution is 0.231. The Bertz CT molecular complexity index is 1450. The lowest BCUT2D eigenvalue weighted by atomic mass is 9.96. The number of rotatable bonds is 9. The first kappa shape index (κ1) is 28.5. The van der Waals surface area contributed by atoms with Crippen LogP contribution in [0.4, 0.5) is 0 Å². The molecule has 2 aliphatic heterocycles. The Hall–Kier alpha value is -3.06. The van der Waals surface area contributed by atoms with Gasteiger partial charge in [0.25, 0.3) is 0 Å². The highest BCUT2D eigenvalue weighted by atomic mass is 32.1. The van der Waals surface area contributed by atoms with E-state index in [0.717, 1.165) is 53.1 Å². The van der Waals surface area contributed by atoms with E-state index in [9.17, 15) is 10.2 Å². The van der Waals surface area contributed by atoms with Gasteiger partial charge in [-0.1, -0.05) is 25.6 Å². The van der Waals surface area contributed by atoms with Crippen LogP contribution in [0.3, 0.4) is 0 Å². The predicted molar refractivity (Wildman–Crippen MR) is 167 cm³/mol. The molecule has 3 aromatic carbocycles. The molecule has 6 heteroatoms. The number of fused-ring (bicyclic) bond motifs is 1. The Morgan fingerprint density at radius 3 is 2.33 bits per heavy atom. The average molecular weight is 559 g/mol. The summed E-state index contributed by atoms with van der Waals surface area (Å²) >= 11 is 1.66. The van der Waals surface area contributed by atoms with Crippen LogP contribution in [0, 0.1) is 6.92 Å². The second-order valence-electron chi connectivity index (χ2n) is 11.1. The number of likely N-dealkylation sites (tertiary alicyclic amines) is 2. The van der Waals surface area contributed by atoms with Gasteiger partial charge in [0.1, 0.15) is 12.4 Å². The third kappa shape index (κ3) is 6.30. The van der Waals surface area contributed by atoms with Crippen LogP contribution in [-0.2, 0) is 13.0 Å². The largest absolute Gasteiger partial charge is 0.508 e. The van der Waals surface area contributed by atoms with Crippen molar-refractivity contribution in [1.29, 1.82) is 0 Å². The summed E-state index contributed by atoms with van der Waals surface area (Å²) in [6, 6.07) is 18.3. The first-order valence-electron chi connectivity index (χ1n) is 14.3. The van der Waals surface area contributed by atoms with Crippen LogP contribution in [0.25, 0.3) is 20.5 Å². The SMILES string of the molecule is C.Cc1cc(Cc2c(-c3ccc(OCCN4CCCC4)c(O)c3)sc3cc(O)ccc23)ccc1CN1CCCC1. The number of phenolic OH excluding ortho intramolecular Hbond substituents is 2. The smallest absolute Gasteiger partial charge is 0.161 e. The van der Waals surface area contributed by atoms with E-state index in [2.05, 4.69) is 34.9 Å². The Morgan fingerprint density at radius 2 is 1.60 bits per heavy atom. The Morgan fingerprint density at radius 1 is 0.850 bits per heavy atom. The maximum Gasteiger partial charge on any atom is 0.161 e. The number of ether oxygens (including phenoxy) is 1. The van der Waals surface area contributed by atoms with Crippen molar-refractivity contribution in [3.05, 3.63) is 76.9 Å². The zero-order valence-electron chi connectivity index (χ0n) is 22.8. The molecule has 0 bridgehead atoms. The van der Waals surface area contributed by atoms with Crippen molar-refractivity contribution in [3.8, 4) is 27.7 Å². The maximum atomic E-state index is 10.9. The number of hydrogen-bond acceptors (Lipinski definition) is 6. The molecule has 0 aliphatic carbocycles. The molecule has 0 atom stereocenters. The average Bonchev–Trinajstić information content (AvgIpc) is 3.69. The quantitative estimate of drug-likeness (QED) is 0.222. The van der Waals surface area contributed by atoms with Crippen molar-refractivity contribution in [3.63, 3.8) is 0 Å². The summed E-state index contributed by atoms with van der Waals surface area (Å²) in [5, 5.41) is 22.2. The van der Waals surface area contributed by atoms with Crippen LogP contribution >= 0.6 is 11.3 Å². The van der Waals surface area contributed by atoms with Crippen molar-refractivity contribution in [2.75, 3.05) is 39.3 Å². The molecule has 6 rings (SSSR count). The summed E-state index contributed by atoms with van der Waals surface area (Å²) in [4.78, 5) is 6.07. The highest BCUT2D eigenvalue weighted by Crippen LogP contribution is 2.43. The number of benzene rings is 3. The van der Waals surface area contributed by atoms with E-state index in [1.54, 1.807) is 17.4 Å². The molecule has 0 spiro atoms. The van der Waals surface area contributed by atoms with Gasteiger partial charge < -0.3 is 14.9 Å². The van der Waals surface area contributed by atoms with Gasteiger partial charge in [0.2, 0.25) is 0 Å². The summed E-state index contributed by atoms with van der Waals surface area (Å²) in [5.41, 5.74) is 6.22. The summed E-state index contributed by atoms with van der Waals surface area (Å²) in [7, 11) is 0. The highest BCUT2D eigenvalue weighted by molar-refractivity contribution is 7.22. The monoisotopic (exact) mass is 558 g/mol. The molecule has 0 unspecified atom stereocenters. The molecule has 212 valence electrons. The number of thiophene rings is 1. The number of aryl methyl sites for hydroxylation is 1. The minimum Gasteiger partial charge on any atom is -0.508 e. The minimum atomic E-state index is 0. The summed E-state index contributed by atoms with van der Waals surface area (Å²) in [6.07, 6.45) is 5.93. The normalized spacial score (nSPS) is 16.0. The second kappa shape index (κ2) is 12.6. The van der Waals surface area contributed by atoms with E-state index in [4.69, 9.17) is 4.74 Å². The molecular formula is C34H42N2O3S. The standard InChI is InChI=1S/C33H38N2O3S.CH4/c1-23-18-24(6-7-26(23)22-35-14-4-5-15-35)19-29-28-10-9-27(36)21-32(28)39-33(29)25-8-11-31(30(37)20-25)38-17-16-34-12-2-3-13-34;/h6-11,18,20-21,36-37H,2-5,12-17,19,22H2,1H3;1H4. The van der Waals surface area contributed by atoms with Gasteiger partial charge >= 0.3 is 0 Å². The fourth-order valence-corrected chi connectivity index (χ4v) is 7.30. The minimum absolute atomic E-state index is 0. The molecule has 2 aliphatic rings. The van der Waals surface area contributed by atoms with Crippen molar-refractivity contribution < 1.29 is 14.9 Å². The van der Waals surface area contributed by atoms with E-state index < -0.39 is 0 Å². The summed E-state index contributed by atoms with van der Waals surface area (Å²) in [5.74, 6) is 0.971. The third-order valence-electron chi connectivity index (χ3n) is 8.24. The van der Waals surface area contributed by atoms with Crippen molar-refractivity contribution in [2.45, 2.75) is 53.0 Å². The Labute approximate surface area is 242 Å². The van der Waals surface area contributed by atoms with Gasteiger partial charge in [-0.05, 0) is 135 Å². The lowest BCUT2D eigenvalue weighted by Crippen LogP contribution is -2.25. The molecule has 0 saturated carbocycles. The fourth-order valence-electron chi connectivity index (χ4n) is 6.05. The van der Waals surface area contributed by atoms with Crippen LogP contribution in [0.2, 0.25) is 0 Å². The molecule has 40 heavy (non-hydrogen) atoms. The molecule has 0 radical (unpaired) electrons. The van der Waals surface area contributed by atoms with Crippen LogP contribution in [-0.4, -0.2) is 59.3 Å². The summed E-state index contributed by atoms with van der Waals surface area (Å²) < 4.78 is 6.99. The number of aromatic hydroxyl groups is 2. The predicted octanol–water partition coefficient (Wildman–Crippen LogP) is 7.59. The van der Waals surface area contributed by atoms with E-state index in [0.29, 0.717) is 12.4 Å². The molecule has 4 aromatic rings. The Kier molecular flexibility index (Phi) is 8.99. The van der Waals surface area contributed by atoms with Crippen molar-refractivity contribution >= 4 is 21.4 Å². The summed E-state index contributed by atoms with van der Waals surface area (Å²) in [6.45, 7) is 9.40. The van der Waals surface area contributed by atoms with Crippen molar-refractivity contribution in [1.82, 2.24) is 9.80 Å². The van der Waals surface area contributed by atoms with Crippen LogP contribution in [0.15, 0.2) is 54.6 Å². The molecule has 2 N–H and O–H groups in total. The van der Waals surface area contributed by atoms with E-state index in [1.165, 1.54) is 61.0 Å². The molecule has 0 amide bonds. The Balaban J connectivity index is 0.00000323. The topological polar surface area (TPSA) is 56.2 Å². The zero-order valence-corrected chi connectivity index (χ0v) is 23.6. The van der Waals surface area contributed by atoms with Crippen LogP contribution in [0.5, 0.6) is 17.2 Å². The molecular weight excluding hydrogens is 516 g/mol. The molecule has 2 fully saturated rings.